The van der Waals surface area contributed by atoms with E-state index in [0.717, 1.165) is 38.9 Å². The number of hydrogen-bond donors (Lipinski definition) is 0. The third-order valence-corrected chi connectivity index (χ3v) is 5.73. The van der Waals surface area contributed by atoms with Gasteiger partial charge >= 0.3 is 0 Å². The Morgan fingerprint density at radius 1 is 1.38 bits per heavy atom. The normalized spacial score (nSPS) is 23.8. The molecular formula is C18H29NOS. The molecule has 2 unspecified atom stereocenters. The molecule has 1 fully saturated rings. The highest BCUT2D eigenvalue weighted by Gasteiger charge is 2.35. The predicted octanol–water partition coefficient (Wildman–Crippen LogP) is 4.60. The van der Waals surface area contributed by atoms with Gasteiger partial charge in [-0.15, -0.1) is 11.3 Å². The van der Waals surface area contributed by atoms with Crippen LogP contribution >= 0.6 is 11.3 Å². The predicted molar refractivity (Wildman–Crippen MR) is 90.6 cm³/mol. The van der Waals surface area contributed by atoms with Crippen LogP contribution in [0.25, 0.3) is 0 Å². The highest BCUT2D eigenvalue weighted by Crippen LogP contribution is 2.39. The first-order chi connectivity index (χ1) is 9.90. The summed E-state index contributed by atoms with van der Waals surface area (Å²) >= 11 is 1.81. The lowest BCUT2D eigenvalue weighted by Crippen LogP contribution is -2.39. The third-order valence-electron chi connectivity index (χ3n) is 4.87. The molecule has 0 spiro atoms. The van der Waals surface area contributed by atoms with Gasteiger partial charge in [-0.1, -0.05) is 33.8 Å². The first-order valence-corrected chi connectivity index (χ1v) is 9.05. The summed E-state index contributed by atoms with van der Waals surface area (Å²) in [7, 11) is 0. The van der Waals surface area contributed by atoms with Crippen LogP contribution in [0.3, 0.4) is 0 Å². The number of nitrogens with zero attached hydrogens (tertiary/aromatic N) is 1. The summed E-state index contributed by atoms with van der Waals surface area (Å²) in [6, 6.07) is 4.29. The number of ketones is 1. The summed E-state index contributed by atoms with van der Waals surface area (Å²) in [5.41, 5.74) is 0.323. The van der Waals surface area contributed by atoms with Gasteiger partial charge in [0.15, 0.2) is 0 Å². The minimum atomic E-state index is 0.239. The molecule has 0 N–H and O–H groups in total. The van der Waals surface area contributed by atoms with Crippen molar-refractivity contribution < 1.29 is 4.79 Å². The summed E-state index contributed by atoms with van der Waals surface area (Å²) in [6.07, 6.45) is 2.93. The Kier molecular flexibility index (Phi) is 5.61. The molecule has 3 heteroatoms. The molecule has 0 aliphatic heterocycles. The molecule has 0 amide bonds. The van der Waals surface area contributed by atoms with Gasteiger partial charge in [0.25, 0.3) is 0 Å². The topological polar surface area (TPSA) is 20.3 Å². The minimum Gasteiger partial charge on any atom is -0.299 e. The van der Waals surface area contributed by atoms with Crippen LogP contribution in [0, 0.1) is 17.3 Å². The Bertz CT molecular complexity index is 446. The van der Waals surface area contributed by atoms with Crippen LogP contribution in [-0.2, 0) is 11.3 Å². The maximum absolute atomic E-state index is 12.3. The lowest BCUT2D eigenvalue weighted by Gasteiger charge is -2.38. The van der Waals surface area contributed by atoms with Crippen molar-refractivity contribution in [3.05, 3.63) is 22.4 Å². The fourth-order valence-corrected chi connectivity index (χ4v) is 4.06. The molecule has 1 heterocycles. The average molecular weight is 308 g/mol. The average Bonchev–Trinajstić information content (AvgIpc) is 2.92. The van der Waals surface area contributed by atoms with Gasteiger partial charge in [-0.05, 0) is 42.2 Å². The fourth-order valence-electron chi connectivity index (χ4n) is 3.32. The van der Waals surface area contributed by atoms with Crippen LogP contribution in [0.4, 0.5) is 0 Å². The van der Waals surface area contributed by atoms with E-state index in [0.29, 0.717) is 17.1 Å². The molecule has 2 nitrogen and oxygen atoms in total. The van der Waals surface area contributed by atoms with Gasteiger partial charge in [-0.3, -0.25) is 9.69 Å². The quantitative estimate of drug-likeness (QED) is 0.792. The van der Waals surface area contributed by atoms with Crippen LogP contribution in [0.5, 0.6) is 0 Å². The molecular weight excluding hydrogens is 278 g/mol. The van der Waals surface area contributed by atoms with Gasteiger partial charge in [0.2, 0.25) is 0 Å². The van der Waals surface area contributed by atoms with E-state index in [1.165, 1.54) is 4.88 Å². The number of Topliss-reactive ketones (excluding diaryl/α,β-unsaturated/α-hetero) is 1. The molecule has 0 aromatic carbocycles. The lowest BCUT2D eigenvalue weighted by molar-refractivity contribution is -0.127. The summed E-state index contributed by atoms with van der Waals surface area (Å²) in [4.78, 5) is 16.1. The van der Waals surface area contributed by atoms with E-state index in [2.05, 4.69) is 50.1 Å². The van der Waals surface area contributed by atoms with Crippen LogP contribution in [0.1, 0.15) is 51.8 Å². The number of carbonyl (C=O) groups is 1. The van der Waals surface area contributed by atoms with Crippen molar-refractivity contribution >= 4 is 17.1 Å². The van der Waals surface area contributed by atoms with E-state index in [1.54, 1.807) is 0 Å². The van der Waals surface area contributed by atoms with Gasteiger partial charge in [0.05, 0.1) is 0 Å². The molecule has 1 aliphatic rings. The molecule has 1 saturated carbocycles. The smallest absolute Gasteiger partial charge is 0.137 e. The first kappa shape index (κ1) is 16.7. The zero-order chi connectivity index (χ0) is 15.5. The van der Waals surface area contributed by atoms with Crippen LogP contribution in [-0.4, -0.2) is 23.8 Å². The highest BCUT2D eigenvalue weighted by molar-refractivity contribution is 7.09. The maximum atomic E-state index is 12.3. The fraction of sp³-hybridized carbons (Fsp3) is 0.722. The van der Waals surface area contributed by atoms with Crippen LogP contribution in [0.15, 0.2) is 17.5 Å². The molecule has 2 atom stereocenters. The van der Waals surface area contributed by atoms with E-state index in [-0.39, 0.29) is 5.92 Å². The van der Waals surface area contributed by atoms with Gasteiger partial charge in [0, 0.05) is 30.3 Å². The summed E-state index contributed by atoms with van der Waals surface area (Å²) in [5.74, 6) is 1.41. The standard InChI is InChI=1S/C18H29NOS/c1-5-19(13-16-7-6-10-21-16)12-14-11-15(18(2,3)4)8-9-17(14)20/h6-7,10,14-15H,5,8-9,11-13H2,1-4H3. The molecule has 118 valence electrons. The minimum absolute atomic E-state index is 0.239. The molecule has 1 aliphatic carbocycles. The molecule has 0 radical (unpaired) electrons. The van der Waals surface area contributed by atoms with Crippen molar-refractivity contribution in [1.82, 2.24) is 4.90 Å². The Morgan fingerprint density at radius 3 is 2.71 bits per heavy atom. The monoisotopic (exact) mass is 307 g/mol. The van der Waals surface area contributed by atoms with Gasteiger partial charge in [-0.25, -0.2) is 0 Å². The van der Waals surface area contributed by atoms with Crippen molar-refractivity contribution in [1.29, 1.82) is 0 Å². The van der Waals surface area contributed by atoms with Crippen LogP contribution in [0.2, 0.25) is 0 Å². The van der Waals surface area contributed by atoms with Gasteiger partial charge in [0.1, 0.15) is 5.78 Å². The molecule has 1 aromatic heterocycles. The van der Waals surface area contributed by atoms with E-state index >= 15 is 0 Å². The Hall–Kier alpha value is -0.670. The Morgan fingerprint density at radius 2 is 2.14 bits per heavy atom. The highest BCUT2D eigenvalue weighted by atomic mass is 32.1. The summed E-state index contributed by atoms with van der Waals surface area (Å²) < 4.78 is 0. The number of carbonyl (C=O) groups excluding carboxylic acids is 1. The van der Waals surface area contributed by atoms with E-state index in [4.69, 9.17) is 0 Å². The van der Waals surface area contributed by atoms with Crippen molar-refractivity contribution in [3.8, 4) is 0 Å². The number of hydrogen-bond acceptors (Lipinski definition) is 3. The SMILES string of the molecule is CCN(Cc1cccs1)CC1CC(C(C)(C)C)CCC1=O. The zero-order valence-electron chi connectivity index (χ0n) is 13.9. The van der Waals surface area contributed by atoms with Crippen molar-refractivity contribution in [3.63, 3.8) is 0 Å². The largest absolute Gasteiger partial charge is 0.299 e. The van der Waals surface area contributed by atoms with Crippen molar-refractivity contribution in [2.45, 2.75) is 53.5 Å². The molecule has 0 bridgehead atoms. The summed E-state index contributed by atoms with van der Waals surface area (Å²) in [6.45, 7) is 12.1. The van der Waals surface area contributed by atoms with Crippen molar-refractivity contribution in [2.75, 3.05) is 13.1 Å². The zero-order valence-corrected chi connectivity index (χ0v) is 14.7. The molecule has 2 rings (SSSR count). The molecule has 21 heavy (non-hydrogen) atoms. The lowest BCUT2D eigenvalue weighted by atomic mass is 9.68. The van der Waals surface area contributed by atoms with Crippen molar-refractivity contribution in [2.24, 2.45) is 17.3 Å². The third kappa shape index (κ3) is 4.65. The van der Waals surface area contributed by atoms with Gasteiger partial charge in [-0.2, -0.15) is 0 Å². The molecule has 1 aromatic rings. The van der Waals surface area contributed by atoms with E-state index in [1.807, 2.05) is 11.3 Å². The van der Waals surface area contributed by atoms with E-state index < -0.39 is 0 Å². The number of thiophene rings is 1. The Balaban J connectivity index is 1.96. The number of rotatable bonds is 5. The van der Waals surface area contributed by atoms with E-state index in [9.17, 15) is 4.79 Å². The first-order valence-electron chi connectivity index (χ1n) is 8.17. The Labute approximate surface area is 133 Å². The second-order valence-corrected chi connectivity index (χ2v) is 8.44. The second-order valence-electron chi connectivity index (χ2n) is 7.41. The maximum Gasteiger partial charge on any atom is 0.137 e. The van der Waals surface area contributed by atoms with Gasteiger partial charge < -0.3 is 0 Å². The second kappa shape index (κ2) is 7.06. The molecule has 0 saturated heterocycles. The van der Waals surface area contributed by atoms with Crippen LogP contribution < -0.4 is 0 Å². The summed E-state index contributed by atoms with van der Waals surface area (Å²) in [5, 5.41) is 2.13.